The van der Waals surface area contributed by atoms with Crippen molar-refractivity contribution < 1.29 is 4.74 Å². The van der Waals surface area contributed by atoms with Crippen LogP contribution in [0.25, 0.3) is 0 Å². The van der Waals surface area contributed by atoms with Gasteiger partial charge in [-0.25, -0.2) is 4.98 Å². The molecule has 1 heterocycles. The zero-order valence-corrected chi connectivity index (χ0v) is 13.0. The fourth-order valence-corrected chi connectivity index (χ4v) is 2.42. The number of hydrogen-bond acceptors (Lipinski definition) is 5. The van der Waals surface area contributed by atoms with E-state index in [1.165, 1.54) is 22.9 Å². The summed E-state index contributed by atoms with van der Waals surface area (Å²) in [6.07, 6.45) is 1.90. The molecule has 0 bridgehead atoms. The number of aromatic nitrogens is 2. The molecule has 0 amide bonds. The van der Waals surface area contributed by atoms with Gasteiger partial charge in [-0.2, -0.15) is 4.98 Å². The number of anilines is 1. The number of nitrogens with two attached hydrogens (primary N) is 1. The molecule has 20 heavy (non-hydrogen) atoms. The minimum atomic E-state index is 0.412. The van der Waals surface area contributed by atoms with E-state index in [-0.39, 0.29) is 0 Å². The lowest BCUT2D eigenvalue weighted by Crippen LogP contribution is -1.98. The van der Waals surface area contributed by atoms with Gasteiger partial charge in [0.2, 0.25) is 5.88 Å². The number of nitrogens with zero attached hydrogens (tertiary/aromatic N) is 2. The monoisotopic (exact) mass is 289 g/mol. The molecule has 0 saturated heterocycles. The first-order valence-corrected chi connectivity index (χ1v) is 7.69. The van der Waals surface area contributed by atoms with Crippen molar-refractivity contribution in [3.63, 3.8) is 0 Å². The van der Waals surface area contributed by atoms with Crippen LogP contribution in [0.1, 0.15) is 30.9 Å². The number of nitrogen functional groups attached to an aromatic ring is 1. The van der Waals surface area contributed by atoms with Crippen LogP contribution in [0.5, 0.6) is 11.6 Å². The summed E-state index contributed by atoms with van der Waals surface area (Å²) in [5.41, 5.74) is 8.27. The van der Waals surface area contributed by atoms with Gasteiger partial charge in [-0.3, -0.25) is 0 Å². The van der Waals surface area contributed by atoms with E-state index in [0.717, 1.165) is 5.75 Å². The Hall–Kier alpha value is -1.75. The third kappa shape index (κ3) is 3.42. The minimum absolute atomic E-state index is 0.412. The molecule has 1 aromatic heterocycles. The highest BCUT2D eigenvalue weighted by Gasteiger charge is 2.07. The highest BCUT2D eigenvalue weighted by atomic mass is 32.2. The van der Waals surface area contributed by atoms with Crippen LogP contribution >= 0.6 is 11.8 Å². The summed E-state index contributed by atoms with van der Waals surface area (Å²) in [5.74, 6) is 2.15. The smallest absolute Gasteiger partial charge is 0.225 e. The van der Waals surface area contributed by atoms with Crippen LogP contribution < -0.4 is 10.5 Å². The molecule has 0 fully saturated rings. The molecular weight excluding hydrogens is 270 g/mol. The Morgan fingerprint density at radius 1 is 1.20 bits per heavy atom. The predicted molar refractivity (Wildman–Crippen MR) is 83.6 cm³/mol. The van der Waals surface area contributed by atoms with Gasteiger partial charge in [0, 0.05) is 6.07 Å². The van der Waals surface area contributed by atoms with Gasteiger partial charge in [-0.15, -0.1) is 0 Å². The normalized spacial score (nSPS) is 10.8. The largest absolute Gasteiger partial charge is 0.439 e. The summed E-state index contributed by atoms with van der Waals surface area (Å²) in [5, 5.41) is 0.607. The van der Waals surface area contributed by atoms with Crippen LogP contribution in [0.3, 0.4) is 0 Å². The molecule has 0 spiro atoms. The van der Waals surface area contributed by atoms with E-state index in [9.17, 15) is 0 Å². The molecule has 2 N–H and O–H groups in total. The average Bonchev–Trinajstić information content (AvgIpc) is 2.37. The Balaban J connectivity index is 2.26. The highest BCUT2D eigenvalue weighted by molar-refractivity contribution is 7.98. The van der Waals surface area contributed by atoms with Crippen molar-refractivity contribution >= 4 is 17.6 Å². The van der Waals surface area contributed by atoms with Gasteiger partial charge in [0.05, 0.1) is 0 Å². The molecule has 0 aliphatic rings. The van der Waals surface area contributed by atoms with Gasteiger partial charge in [0.15, 0.2) is 5.16 Å². The summed E-state index contributed by atoms with van der Waals surface area (Å²) >= 11 is 1.43. The lowest BCUT2D eigenvalue weighted by Gasteiger charge is -2.12. The molecule has 0 unspecified atom stereocenters. The summed E-state index contributed by atoms with van der Waals surface area (Å²) in [4.78, 5) is 8.38. The number of thioether (sulfide) groups is 1. The van der Waals surface area contributed by atoms with Gasteiger partial charge in [0.1, 0.15) is 11.6 Å². The number of benzene rings is 1. The van der Waals surface area contributed by atoms with Crippen molar-refractivity contribution in [1.82, 2.24) is 9.97 Å². The van der Waals surface area contributed by atoms with Crippen molar-refractivity contribution in [2.45, 2.75) is 31.8 Å². The van der Waals surface area contributed by atoms with E-state index in [2.05, 4.69) is 36.8 Å². The Labute approximate surface area is 123 Å². The second-order valence-corrected chi connectivity index (χ2v) is 5.67. The summed E-state index contributed by atoms with van der Waals surface area (Å²) in [7, 11) is 0. The number of aryl methyl sites for hydroxylation is 1. The van der Waals surface area contributed by atoms with Crippen molar-refractivity contribution in [1.29, 1.82) is 0 Å². The van der Waals surface area contributed by atoms with Crippen molar-refractivity contribution in [2.24, 2.45) is 0 Å². The maximum atomic E-state index is 5.77. The second-order valence-electron chi connectivity index (χ2n) is 4.89. The molecule has 0 saturated carbocycles. The first-order valence-electron chi connectivity index (χ1n) is 6.46. The number of hydrogen-bond donors (Lipinski definition) is 1. The van der Waals surface area contributed by atoms with E-state index in [1.54, 1.807) is 6.07 Å². The van der Waals surface area contributed by atoms with Crippen LogP contribution in [0, 0.1) is 6.92 Å². The average molecular weight is 289 g/mol. The van der Waals surface area contributed by atoms with E-state index in [0.29, 0.717) is 22.8 Å². The van der Waals surface area contributed by atoms with E-state index < -0.39 is 0 Å². The van der Waals surface area contributed by atoms with Crippen LogP contribution in [0.15, 0.2) is 29.4 Å². The molecule has 2 aromatic rings. The standard InChI is InChI=1S/C15H19N3OS/c1-9(2)12-6-5-11(7-10(12)3)19-14-8-13(16)17-15(18-14)20-4/h5-9H,1-4H3,(H2,16,17,18). The van der Waals surface area contributed by atoms with E-state index in [4.69, 9.17) is 10.5 Å². The molecule has 1 aromatic carbocycles. The number of ether oxygens (including phenoxy) is 1. The molecule has 0 aliphatic heterocycles. The van der Waals surface area contributed by atoms with Gasteiger partial charge in [-0.1, -0.05) is 31.7 Å². The van der Waals surface area contributed by atoms with Gasteiger partial charge >= 0.3 is 0 Å². The number of rotatable bonds is 4. The summed E-state index contributed by atoms with van der Waals surface area (Å²) in [6.45, 7) is 6.45. The Morgan fingerprint density at radius 3 is 2.55 bits per heavy atom. The molecule has 0 atom stereocenters. The Kier molecular flexibility index (Phi) is 4.49. The molecule has 0 aliphatic carbocycles. The summed E-state index contributed by atoms with van der Waals surface area (Å²) < 4.78 is 5.77. The van der Waals surface area contributed by atoms with Gasteiger partial charge in [-0.05, 0) is 42.4 Å². The van der Waals surface area contributed by atoms with Crippen LogP contribution in [0.2, 0.25) is 0 Å². The Morgan fingerprint density at radius 2 is 1.95 bits per heavy atom. The van der Waals surface area contributed by atoms with Gasteiger partial charge < -0.3 is 10.5 Å². The zero-order valence-electron chi connectivity index (χ0n) is 12.2. The Bertz CT molecular complexity index is 614. The topological polar surface area (TPSA) is 61.0 Å². The molecular formula is C15H19N3OS. The SMILES string of the molecule is CSc1nc(N)cc(Oc2ccc(C(C)C)c(C)c2)n1. The molecule has 5 heteroatoms. The minimum Gasteiger partial charge on any atom is -0.439 e. The van der Waals surface area contributed by atoms with Crippen molar-refractivity contribution in [3.05, 3.63) is 35.4 Å². The van der Waals surface area contributed by atoms with Crippen LogP contribution in [-0.2, 0) is 0 Å². The lowest BCUT2D eigenvalue weighted by molar-refractivity contribution is 0.455. The van der Waals surface area contributed by atoms with Crippen molar-refractivity contribution in [2.75, 3.05) is 12.0 Å². The van der Waals surface area contributed by atoms with E-state index in [1.807, 2.05) is 18.4 Å². The second kappa shape index (κ2) is 6.13. The quantitative estimate of drug-likeness (QED) is 0.681. The third-order valence-electron chi connectivity index (χ3n) is 2.97. The lowest BCUT2D eigenvalue weighted by atomic mass is 9.98. The zero-order chi connectivity index (χ0) is 14.7. The molecule has 2 rings (SSSR count). The fourth-order valence-electron chi connectivity index (χ4n) is 2.04. The molecule has 4 nitrogen and oxygen atoms in total. The fraction of sp³-hybridized carbons (Fsp3) is 0.333. The van der Waals surface area contributed by atoms with Gasteiger partial charge in [0.25, 0.3) is 0 Å². The first kappa shape index (κ1) is 14.7. The molecule has 0 radical (unpaired) electrons. The maximum absolute atomic E-state index is 5.77. The maximum Gasteiger partial charge on any atom is 0.225 e. The van der Waals surface area contributed by atoms with Crippen LogP contribution in [-0.4, -0.2) is 16.2 Å². The predicted octanol–water partition coefficient (Wildman–Crippen LogP) is 4.00. The van der Waals surface area contributed by atoms with E-state index >= 15 is 0 Å². The van der Waals surface area contributed by atoms with Crippen LogP contribution in [0.4, 0.5) is 5.82 Å². The first-order chi connectivity index (χ1) is 9.49. The highest BCUT2D eigenvalue weighted by Crippen LogP contribution is 2.27. The molecule has 106 valence electrons. The van der Waals surface area contributed by atoms with Crippen molar-refractivity contribution in [3.8, 4) is 11.6 Å². The summed E-state index contributed by atoms with van der Waals surface area (Å²) in [6, 6.07) is 7.70. The third-order valence-corrected chi connectivity index (χ3v) is 3.52.